The molecule has 1 amide bonds. The molecule has 114 valence electrons. The van der Waals surface area contributed by atoms with Crippen LogP contribution in [0.5, 0.6) is 0 Å². The smallest absolute Gasteiger partial charge is 0.233 e. The number of nitrogens with zero attached hydrogens (tertiary/aromatic N) is 2. The van der Waals surface area contributed by atoms with Crippen molar-refractivity contribution in [1.29, 1.82) is 0 Å². The van der Waals surface area contributed by atoms with Crippen LogP contribution < -0.4 is 5.32 Å². The van der Waals surface area contributed by atoms with E-state index < -0.39 is 0 Å². The molecule has 3 aliphatic rings. The van der Waals surface area contributed by atoms with Gasteiger partial charge in [-0.1, -0.05) is 24.6 Å². The van der Waals surface area contributed by atoms with E-state index in [1.807, 2.05) is 16.7 Å². The number of thioether (sulfide) groups is 2. The lowest BCUT2D eigenvalue weighted by atomic mass is 9.92. The van der Waals surface area contributed by atoms with Gasteiger partial charge in [0.1, 0.15) is 0 Å². The Bertz CT molecular complexity index is 375. The second kappa shape index (κ2) is 7.80. The highest BCUT2D eigenvalue weighted by molar-refractivity contribution is 8.14. The van der Waals surface area contributed by atoms with Gasteiger partial charge in [0, 0.05) is 24.6 Å². The van der Waals surface area contributed by atoms with Crippen LogP contribution in [0.3, 0.4) is 0 Å². The van der Waals surface area contributed by atoms with E-state index in [2.05, 4.69) is 5.32 Å². The molecule has 7 heteroatoms. The summed E-state index contributed by atoms with van der Waals surface area (Å²) in [5.74, 6) is 2.97. The Kier molecular flexibility index (Phi) is 6.36. The minimum Gasteiger partial charge on any atom is -0.360 e. The standard InChI is InChI=1S/C13H21N3OS2.ClH/c17-12(16-5-7-18-8-6-16)9-19-13-14-10-3-1-2-4-11(10)15-13;/h10-11H,1-9H2,(H,14,15);1H/t10-,11+;. The van der Waals surface area contributed by atoms with Gasteiger partial charge in [-0.05, 0) is 12.8 Å². The second-order valence-corrected chi connectivity index (χ2v) is 7.51. The normalized spacial score (nSPS) is 29.0. The molecular weight excluding hydrogens is 314 g/mol. The predicted molar refractivity (Wildman–Crippen MR) is 90.2 cm³/mol. The zero-order valence-electron chi connectivity index (χ0n) is 11.5. The average Bonchev–Trinajstić information content (AvgIpc) is 2.88. The number of hydrogen-bond acceptors (Lipinski definition) is 5. The lowest BCUT2D eigenvalue weighted by Gasteiger charge is -2.26. The Balaban J connectivity index is 0.00000147. The molecule has 3 rings (SSSR count). The minimum absolute atomic E-state index is 0. The summed E-state index contributed by atoms with van der Waals surface area (Å²) in [5, 5.41) is 4.49. The van der Waals surface area contributed by atoms with Crippen molar-refractivity contribution in [2.45, 2.75) is 37.8 Å². The molecule has 2 fully saturated rings. The van der Waals surface area contributed by atoms with Gasteiger partial charge in [0.25, 0.3) is 0 Å². The summed E-state index contributed by atoms with van der Waals surface area (Å²) in [7, 11) is 0. The number of halogens is 1. The summed E-state index contributed by atoms with van der Waals surface area (Å²) in [5.41, 5.74) is 0. The quantitative estimate of drug-likeness (QED) is 0.838. The zero-order chi connectivity index (χ0) is 13.1. The first-order chi connectivity index (χ1) is 9.33. The number of amides is 1. The molecule has 1 saturated heterocycles. The third kappa shape index (κ3) is 3.98. The summed E-state index contributed by atoms with van der Waals surface area (Å²) < 4.78 is 0. The average molecular weight is 336 g/mol. The van der Waals surface area contributed by atoms with Crippen LogP contribution >= 0.6 is 35.9 Å². The van der Waals surface area contributed by atoms with Crippen molar-refractivity contribution >= 4 is 47.0 Å². The monoisotopic (exact) mass is 335 g/mol. The van der Waals surface area contributed by atoms with Crippen LogP contribution in [0.1, 0.15) is 25.7 Å². The maximum absolute atomic E-state index is 12.1. The van der Waals surface area contributed by atoms with Gasteiger partial charge in [-0.15, -0.1) is 12.4 Å². The molecule has 2 heterocycles. The number of nitrogens with one attached hydrogen (secondary N) is 1. The maximum Gasteiger partial charge on any atom is 0.233 e. The number of rotatable bonds is 2. The molecule has 2 atom stereocenters. The summed E-state index contributed by atoms with van der Waals surface area (Å²) >= 11 is 3.53. The number of fused-ring (bicyclic) bond motifs is 1. The Morgan fingerprint density at radius 1 is 1.35 bits per heavy atom. The van der Waals surface area contributed by atoms with Gasteiger partial charge in [0.15, 0.2) is 5.17 Å². The molecule has 1 saturated carbocycles. The highest BCUT2D eigenvalue weighted by atomic mass is 35.5. The SMILES string of the molecule is Cl.O=C(CSC1=N[C@@H]2CCCC[C@@H]2N1)N1CCSCC1. The lowest BCUT2D eigenvalue weighted by molar-refractivity contribution is -0.127. The van der Waals surface area contributed by atoms with E-state index in [1.54, 1.807) is 11.8 Å². The van der Waals surface area contributed by atoms with Gasteiger partial charge >= 0.3 is 0 Å². The molecule has 0 bridgehead atoms. The van der Waals surface area contributed by atoms with Crippen molar-refractivity contribution in [3.63, 3.8) is 0 Å². The maximum atomic E-state index is 12.1. The Morgan fingerprint density at radius 2 is 2.10 bits per heavy atom. The van der Waals surface area contributed by atoms with Crippen LogP contribution in [0, 0.1) is 0 Å². The molecule has 0 unspecified atom stereocenters. The molecule has 0 spiro atoms. The van der Waals surface area contributed by atoms with Crippen molar-refractivity contribution < 1.29 is 4.79 Å². The number of hydrogen-bond donors (Lipinski definition) is 1. The van der Waals surface area contributed by atoms with E-state index in [9.17, 15) is 4.79 Å². The fourth-order valence-electron chi connectivity index (χ4n) is 2.89. The molecule has 1 N–H and O–H groups in total. The van der Waals surface area contributed by atoms with Crippen molar-refractivity contribution in [3.8, 4) is 0 Å². The van der Waals surface area contributed by atoms with Crippen molar-refractivity contribution in [1.82, 2.24) is 10.2 Å². The van der Waals surface area contributed by atoms with Crippen LogP contribution in [0.4, 0.5) is 0 Å². The van der Waals surface area contributed by atoms with Crippen molar-refractivity contribution in [2.75, 3.05) is 30.3 Å². The Hall–Kier alpha value is -0.0700. The first-order valence-electron chi connectivity index (χ1n) is 7.15. The first-order valence-corrected chi connectivity index (χ1v) is 9.29. The van der Waals surface area contributed by atoms with Gasteiger partial charge < -0.3 is 10.2 Å². The molecule has 4 nitrogen and oxygen atoms in total. The van der Waals surface area contributed by atoms with Gasteiger partial charge in [0.05, 0.1) is 17.8 Å². The van der Waals surface area contributed by atoms with Gasteiger partial charge in [-0.2, -0.15) is 11.8 Å². The Morgan fingerprint density at radius 3 is 2.85 bits per heavy atom. The van der Waals surface area contributed by atoms with Gasteiger partial charge in [-0.3, -0.25) is 9.79 Å². The number of aliphatic imine (C=N–C) groups is 1. The summed E-state index contributed by atoms with van der Waals surface area (Å²) in [6.45, 7) is 1.82. The van der Waals surface area contributed by atoms with E-state index in [4.69, 9.17) is 4.99 Å². The van der Waals surface area contributed by atoms with E-state index in [0.29, 0.717) is 17.8 Å². The largest absolute Gasteiger partial charge is 0.360 e. The summed E-state index contributed by atoms with van der Waals surface area (Å²) in [6, 6.07) is 1.01. The van der Waals surface area contributed by atoms with Crippen molar-refractivity contribution in [3.05, 3.63) is 0 Å². The van der Waals surface area contributed by atoms with Crippen LogP contribution in [0.2, 0.25) is 0 Å². The lowest BCUT2D eigenvalue weighted by Crippen LogP contribution is -2.40. The van der Waals surface area contributed by atoms with E-state index in [-0.39, 0.29) is 18.3 Å². The highest BCUT2D eigenvalue weighted by Gasteiger charge is 2.31. The topological polar surface area (TPSA) is 44.7 Å². The highest BCUT2D eigenvalue weighted by Crippen LogP contribution is 2.27. The van der Waals surface area contributed by atoms with Crippen LogP contribution in [0.15, 0.2) is 4.99 Å². The van der Waals surface area contributed by atoms with Crippen LogP contribution in [-0.4, -0.2) is 58.4 Å². The summed E-state index contributed by atoms with van der Waals surface area (Å²) in [6.07, 6.45) is 5.05. The molecule has 0 aromatic carbocycles. The molecule has 20 heavy (non-hydrogen) atoms. The third-order valence-corrected chi connectivity index (χ3v) is 5.85. The molecule has 1 aliphatic carbocycles. The van der Waals surface area contributed by atoms with E-state index in [0.717, 1.165) is 29.8 Å². The van der Waals surface area contributed by atoms with E-state index in [1.165, 1.54) is 25.7 Å². The Labute approximate surface area is 135 Å². The van der Waals surface area contributed by atoms with Gasteiger partial charge in [-0.25, -0.2) is 0 Å². The first kappa shape index (κ1) is 16.3. The van der Waals surface area contributed by atoms with Crippen LogP contribution in [-0.2, 0) is 4.79 Å². The second-order valence-electron chi connectivity index (χ2n) is 5.32. The molecule has 0 radical (unpaired) electrons. The van der Waals surface area contributed by atoms with E-state index >= 15 is 0 Å². The van der Waals surface area contributed by atoms with Crippen LogP contribution in [0.25, 0.3) is 0 Å². The molecule has 0 aromatic rings. The molecule has 0 aromatic heterocycles. The predicted octanol–water partition coefficient (Wildman–Crippen LogP) is 1.99. The molecular formula is C13H22ClN3OS2. The van der Waals surface area contributed by atoms with Crippen molar-refractivity contribution in [2.24, 2.45) is 4.99 Å². The minimum atomic E-state index is 0. The number of carbonyl (C=O) groups excluding carboxylic acids is 1. The fraction of sp³-hybridized carbons (Fsp3) is 0.846. The number of carbonyl (C=O) groups is 1. The zero-order valence-corrected chi connectivity index (χ0v) is 14.0. The third-order valence-electron chi connectivity index (χ3n) is 4.02. The van der Waals surface area contributed by atoms with Gasteiger partial charge in [0.2, 0.25) is 5.91 Å². The fourth-order valence-corrected chi connectivity index (χ4v) is 4.68. The number of amidine groups is 1. The molecule has 2 aliphatic heterocycles. The summed E-state index contributed by atoms with van der Waals surface area (Å²) in [4.78, 5) is 18.8.